The quantitative estimate of drug-likeness (QED) is 0.846. The molecule has 1 aliphatic heterocycles. The van der Waals surface area contributed by atoms with Crippen molar-refractivity contribution in [2.45, 2.75) is 32.0 Å². The molecule has 4 nitrogen and oxygen atoms in total. The average molecular weight is 236 g/mol. The van der Waals surface area contributed by atoms with Crippen molar-refractivity contribution in [3.05, 3.63) is 29.6 Å². The number of rotatable bonds is 4. The molecule has 0 saturated carbocycles. The molecule has 0 radical (unpaired) electrons. The van der Waals surface area contributed by atoms with Gasteiger partial charge in [-0.3, -0.25) is 9.88 Å². The molecule has 0 unspecified atom stereocenters. The van der Waals surface area contributed by atoms with E-state index in [1.807, 2.05) is 18.5 Å². The van der Waals surface area contributed by atoms with E-state index in [2.05, 4.69) is 16.8 Å². The molecule has 17 heavy (non-hydrogen) atoms. The topological polar surface area (TPSA) is 45.6 Å². The van der Waals surface area contributed by atoms with E-state index in [0.29, 0.717) is 0 Å². The number of aliphatic hydroxyl groups is 1. The Bertz CT molecular complexity index is 370. The van der Waals surface area contributed by atoms with E-state index in [1.165, 1.54) is 11.1 Å². The summed E-state index contributed by atoms with van der Waals surface area (Å²) in [4.78, 5) is 6.43. The minimum Gasteiger partial charge on any atom is -0.395 e. The minimum absolute atomic E-state index is 0.194. The molecule has 0 amide bonds. The summed E-state index contributed by atoms with van der Waals surface area (Å²) >= 11 is 0. The maximum absolute atomic E-state index is 9.38. The second kappa shape index (κ2) is 5.58. The molecule has 1 fully saturated rings. The fourth-order valence-corrected chi connectivity index (χ4v) is 2.37. The van der Waals surface area contributed by atoms with Crippen LogP contribution in [0.3, 0.4) is 0 Å². The van der Waals surface area contributed by atoms with Crippen LogP contribution in [0.2, 0.25) is 0 Å². The first-order chi connectivity index (χ1) is 8.24. The van der Waals surface area contributed by atoms with Crippen LogP contribution in [0, 0.1) is 6.92 Å². The van der Waals surface area contributed by atoms with Crippen molar-refractivity contribution in [3.8, 4) is 0 Å². The van der Waals surface area contributed by atoms with Crippen molar-refractivity contribution in [1.82, 2.24) is 9.88 Å². The van der Waals surface area contributed by atoms with Crippen LogP contribution in [0.15, 0.2) is 18.5 Å². The second-order valence-electron chi connectivity index (χ2n) is 4.66. The zero-order valence-corrected chi connectivity index (χ0v) is 10.5. The summed E-state index contributed by atoms with van der Waals surface area (Å²) < 4.78 is 5.37. The van der Waals surface area contributed by atoms with Gasteiger partial charge in [-0.25, -0.2) is 0 Å². The third-order valence-electron chi connectivity index (χ3n) is 3.55. The van der Waals surface area contributed by atoms with Crippen LogP contribution in [-0.2, 0) is 11.3 Å². The van der Waals surface area contributed by atoms with Crippen molar-refractivity contribution in [1.29, 1.82) is 0 Å². The van der Waals surface area contributed by atoms with Gasteiger partial charge in [0.1, 0.15) is 0 Å². The van der Waals surface area contributed by atoms with Crippen LogP contribution < -0.4 is 0 Å². The van der Waals surface area contributed by atoms with Gasteiger partial charge in [-0.1, -0.05) is 0 Å². The zero-order chi connectivity index (χ0) is 12.3. The second-order valence-corrected chi connectivity index (χ2v) is 4.66. The molecular weight excluding hydrogens is 216 g/mol. The monoisotopic (exact) mass is 236 g/mol. The lowest BCUT2D eigenvalue weighted by atomic mass is 10.1. The number of likely N-dealkylation sites (tertiary alicyclic amines) is 1. The molecular formula is C13H20N2O2. The summed E-state index contributed by atoms with van der Waals surface area (Å²) in [6.07, 6.45) is 4.87. The van der Waals surface area contributed by atoms with Crippen LogP contribution >= 0.6 is 0 Å². The maximum Gasteiger partial charge on any atom is 0.0714 e. The Kier molecular flexibility index (Phi) is 4.10. The fraction of sp³-hybridized carbons (Fsp3) is 0.615. The molecule has 1 saturated heterocycles. The molecule has 1 N–H and O–H groups in total. The lowest BCUT2D eigenvalue weighted by Crippen LogP contribution is -2.32. The van der Waals surface area contributed by atoms with Crippen molar-refractivity contribution >= 4 is 0 Å². The van der Waals surface area contributed by atoms with E-state index < -0.39 is 0 Å². The van der Waals surface area contributed by atoms with Gasteiger partial charge < -0.3 is 9.84 Å². The highest BCUT2D eigenvalue weighted by Gasteiger charge is 2.31. The summed E-state index contributed by atoms with van der Waals surface area (Å²) in [5.74, 6) is 0. The van der Waals surface area contributed by atoms with Gasteiger partial charge in [0, 0.05) is 38.6 Å². The Morgan fingerprint density at radius 2 is 2.41 bits per heavy atom. The van der Waals surface area contributed by atoms with Crippen molar-refractivity contribution in [3.63, 3.8) is 0 Å². The van der Waals surface area contributed by atoms with Crippen molar-refractivity contribution in [2.75, 3.05) is 20.3 Å². The minimum atomic E-state index is 0.194. The van der Waals surface area contributed by atoms with Gasteiger partial charge in [0.25, 0.3) is 0 Å². The first kappa shape index (κ1) is 12.5. The SMILES string of the molecule is CO[C@H]1C[C@@H](CO)N(Cc2cnccc2C)C1. The first-order valence-corrected chi connectivity index (χ1v) is 6.01. The predicted octanol–water partition coefficient (Wildman–Crippen LogP) is 0.972. The van der Waals surface area contributed by atoms with Gasteiger partial charge in [-0.05, 0) is 30.5 Å². The maximum atomic E-state index is 9.38. The molecule has 1 aliphatic rings. The lowest BCUT2D eigenvalue weighted by molar-refractivity contribution is 0.107. The molecule has 2 heterocycles. The fourth-order valence-electron chi connectivity index (χ4n) is 2.37. The van der Waals surface area contributed by atoms with Gasteiger partial charge >= 0.3 is 0 Å². The molecule has 94 valence electrons. The third-order valence-corrected chi connectivity index (χ3v) is 3.55. The van der Waals surface area contributed by atoms with Gasteiger partial charge in [0.15, 0.2) is 0 Å². The number of hydrogen-bond donors (Lipinski definition) is 1. The number of methoxy groups -OCH3 is 1. The number of nitrogens with zero attached hydrogens (tertiary/aromatic N) is 2. The van der Waals surface area contributed by atoms with Gasteiger partial charge in [-0.2, -0.15) is 0 Å². The molecule has 0 aromatic carbocycles. The Labute approximate surface area is 102 Å². The molecule has 4 heteroatoms. The zero-order valence-electron chi connectivity index (χ0n) is 10.5. The summed E-state index contributed by atoms with van der Waals surface area (Å²) in [5, 5.41) is 9.38. The Morgan fingerprint density at radius 3 is 3.06 bits per heavy atom. The number of aromatic nitrogens is 1. The highest BCUT2D eigenvalue weighted by molar-refractivity contribution is 5.21. The molecule has 0 spiro atoms. The Morgan fingerprint density at radius 1 is 1.59 bits per heavy atom. The van der Waals surface area contributed by atoms with E-state index in [9.17, 15) is 5.11 Å². The standard InChI is InChI=1S/C13H20N2O2/c1-10-3-4-14-6-11(10)7-15-8-13(17-2)5-12(15)9-16/h3-4,6,12-13,16H,5,7-9H2,1-2H3/t12-,13-/m0/s1. The molecule has 0 bridgehead atoms. The third kappa shape index (κ3) is 2.83. The number of ether oxygens (including phenoxy) is 1. The number of hydrogen-bond acceptors (Lipinski definition) is 4. The van der Waals surface area contributed by atoms with Crippen LogP contribution in [0.25, 0.3) is 0 Å². The van der Waals surface area contributed by atoms with E-state index in [4.69, 9.17) is 4.74 Å². The van der Waals surface area contributed by atoms with Gasteiger partial charge in [0.05, 0.1) is 12.7 Å². The number of pyridine rings is 1. The summed E-state index contributed by atoms with van der Waals surface area (Å²) in [6, 6.07) is 2.23. The first-order valence-electron chi connectivity index (χ1n) is 6.01. The highest BCUT2D eigenvalue weighted by atomic mass is 16.5. The predicted molar refractivity (Wildman–Crippen MR) is 65.7 cm³/mol. The molecule has 1 aromatic rings. The van der Waals surface area contributed by atoms with E-state index in [0.717, 1.165) is 19.5 Å². The number of aryl methyl sites for hydroxylation is 1. The highest BCUT2D eigenvalue weighted by Crippen LogP contribution is 2.22. The van der Waals surface area contributed by atoms with Crippen LogP contribution in [-0.4, -0.2) is 47.4 Å². The van der Waals surface area contributed by atoms with Crippen LogP contribution in [0.1, 0.15) is 17.5 Å². The molecule has 2 rings (SSSR count). The normalized spacial score (nSPS) is 25.4. The van der Waals surface area contributed by atoms with E-state index in [-0.39, 0.29) is 18.8 Å². The van der Waals surface area contributed by atoms with Gasteiger partial charge in [0.2, 0.25) is 0 Å². The van der Waals surface area contributed by atoms with Crippen molar-refractivity contribution < 1.29 is 9.84 Å². The van der Waals surface area contributed by atoms with Crippen molar-refractivity contribution in [2.24, 2.45) is 0 Å². The Hall–Kier alpha value is -0.970. The van der Waals surface area contributed by atoms with Crippen LogP contribution in [0.4, 0.5) is 0 Å². The smallest absolute Gasteiger partial charge is 0.0714 e. The molecule has 1 aromatic heterocycles. The molecule has 2 atom stereocenters. The van der Waals surface area contributed by atoms with Gasteiger partial charge in [-0.15, -0.1) is 0 Å². The summed E-state index contributed by atoms with van der Waals surface area (Å²) in [7, 11) is 1.73. The average Bonchev–Trinajstić information content (AvgIpc) is 2.74. The van der Waals surface area contributed by atoms with Crippen LogP contribution in [0.5, 0.6) is 0 Å². The largest absolute Gasteiger partial charge is 0.395 e. The summed E-state index contributed by atoms with van der Waals surface area (Å²) in [6.45, 7) is 4.01. The van der Waals surface area contributed by atoms with E-state index >= 15 is 0 Å². The van der Waals surface area contributed by atoms with E-state index in [1.54, 1.807) is 7.11 Å². The lowest BCUT2D eigenvalue weighted by Gasteiger charge is -2.22. The number of aliphatic hydroxyl groups excluding tert-OH is 1. The summed E-state index contributed by atoms with van der Waals surface area (Å²) in [5.41, 5.74) is 2.47. The molecule has 0 aliphatic carbocycles. The Balaban J connectivity index is 2.05.